The first-order valence-corrected chi connectivity index (χ1v) is 6.89. The van der Waals surface area contributed by atoms with Crippen LogP contribution in [0.15, 0.2) is 5.11 Å². The molecule has 0 bridgehead atoms. The fourth-order valence-corrected chi connectivity index (χ4v) is 3.02. The summed E-state index contributed by atoms with van der Waals surface area (Å²) in [6.45, 7) is -0.996. The topological polar surface area (TPSA) is 87.1 Å². The van der Waals surface area contributed by atoms with Gasteiger partial charge in [-0.05, 0) is 17.9 Å². The summed E-state index contributed by atoms with van der Waals surface area (Å²) in [5.41, 5.74) is 8.15. The molecule has 1 aliphatic carbocycles. The molecule has 0 aromatic rings. The van der Waals surface area contributed by atoms with Crippen LogP contribution in [0.4, 0.5) is 13.6 Å². The van der Waals surface area contributed by atoms with Gasteiger partial charge in [0.15, 0.2) is 6.10 Å². The third-order valence-corrected chi connectivity index (χ3v) is 3.98. The molecule has 1 amide bonds. The van der Waals surface area contributed by atoms with Crippen molar-refractivity contribution in [2.24, 2.45) is 11.0 Å². The zero-order chi connectivity index (χ0) is 14.6. The summed E-state index contributed by atoms with van der Waals surface area (Å²) in [6, 6.07) is -0.713. The number of nitrogens with one attached hydrogen (secondary N) is 1. The van der Waals surface area contributed by atoms with Crippen molar-refractivity contribution in [2.45, 2.75) is 56.6 Å². The van der Waals surface area contributed by atoms with Crippen LogP contribution in [0.5, 0.6) is 0 Å². The molecule has 2 atom stereocenters. The first-order valence-electron chi connectivity index (χ1n) is 6.89. The minimum atomic E-state index is -3.34. The second-order valence-electron chi connectivity index (χ2n) is 5.47. The molecule has 1 N–H and O–H groups in total. The Hall–Kier alpha value is -1.56. The van der Waals surface area contributed by atoms with Gasteiger partial charge in [0.05, 0.1) is 12.6 Å². The third-order valence-electron chi connectivity index (χ3n) is 3.98. The fraction of sp³-hybridized carbons (Fsp3) is 0.917. The summed E-state index contributed by atoms with van der Waals surface area (Å²) in [5, 5.41) is 5.36. The number of carbonyl (C=O) groups excluding carboxylic acids is 1. The van der Waals surface area contributed by atoms with Gasteiger partial charge < -0.3 is 10.1 Å². The van der Waals surface area contributed by atoms with Crippen LogP contribution >= 0.6 is 0 Å². The number of rotatable bonds is 5. The highest BCUT2D eigenvalue weighted by atomic mass is 19.3. The molecule has 1 saturated carbocycles. The maximum Gasteiger partial charge on any atom is 0.408 e. The first-order chi connectivity index (χ1) is 9.53. The van der Waals surface area contributed by atoms with E-state index >= 15 is 0 Å². The van der Waals surface area contributed by atoms with Gasteiger partial charge >= 0.3 is 6.09 Å². The van der Waals surface area contributed by atoms with E-state index in [0.717, 1.165) is 25.7 Å². The van der Waals surface area contributed by atoms with E-state index < -0.39 is 30.7 Å². The Morgan fingerprint density at radius 1 is 1.40 bits per heavy atom. The highest BCUT2D eigenvalue weighted by molar-refractivity contribution is 5.70. The molecule has 6 nitrogen and oxygen atoms in total. The molecule has 2 rings (SSSR count). The van der Waals surface area contributed by atoms with Crippen LogP contribution in [-0.2, 0) is 4.74 Å². The molecule has 0 unspecified atom stereocenters. The molecule has 112 valence electrons. The molecule has 1 saturated heterocycles. The molecule has 0 spiro atoms. The number of amides is 1. The van der Waals surface area contributed by atoms with Crippen LogP contribution in [-0.4, -0.2) is 30.7 Å². The van der Waals surface area contributed by atoms with Crippen molar-refractivity contribution >= 4 is 6.09 Å². The van der Waals surface area contributed by atoms with Crippen molar-refractivity contribution < 1.29 is 18.3 Å². The van der Waals surface area contributed by atoms with Crippen molar-refractivity contribution in [2.75, 3.05) is 6.54 Å². The Morgan fingerprint density at radius 2 is 2.10 bits per heavy atom. The number of halogens is 2. The molecule has 1 heterocycles. The summed E-state index contributed by atoms with van der Waals surface area (Å²) >= 11 is 0. The largest absolute Gasteiger partial charge is 0.438 e. The highest BCUT2D eigenvalue weighted by Gasteiger charge is 2.51. The number of alkyl carbamates (subject to hydrolysis) is 1. The zero-order valence-electron chi connectivity index (χ0n) is 11.1. The van der Waals surface area contributed by atoms with E-state index in [0.29, 0.717) is 12.3 Å². The van der Waals surface area contributed by atoms with Crippen LogP contribution in [0.3, 0.4) is 0 Å². The molecule has 20 heavy (non-hydrogen) atoms. The van der Waals surface area contributed by atoms with Crippen LogP contribution in [0.2, 0.25) is 0 Å². The third kappa shape index (κ3) is 3.50. The van der Waals surface area contributed by atoms with Crippen LogP contribution < -0.4 is 5.32 Å². The van der Waals surface area contributed by atoms with E-state index in [1.807, 2.05) is 0 Å². The van der Waals surface area contributed by atoms with Crippen LogP contribution in [0, 0.1) is 5.92 Å². The van der Waals surface area contributed by atoms with Gasteiger partial charge in [0.1, 0.15) is 0 Å². The van der Waals surface area contributed by atoms with Gasteiger partial charge in [-0.25, -0.2) is 13.6 Å². The SMILES string of the molecule is [N-]=[N+]=NCC(F)(F)[C@@H]1OC(=O)N[C@H]1CC1CCCCC1. The quantitative estimate of drug-likeness (QED) is 0.477. The van der Waals surface area contributed by atoms with Crippen molar-refractivity contribution in [3.63, 3.8) is 0 Å². The number of hydrogen-bond acceptors (Lipinski definition) is 3. The van der Waals surface area contributed by atoms with E-state index in [9.17, 15) is 13.6 Å². The molecule has 2 aliphatic rings. The normalized spacial score (nSPS) is 27.6. The van der Waals surface area contributed by atoms with Gasteiger partial charge in [-0.15, -0.1) is 0 Å². The van der Waals surface area contributed by atoms with Crippen molar-refractivity contribution in [1.29, 1.82) is 0 Å². The van der Waals surface area contributed by atoms with Crippen molar-refractivity contribution in [1.82, 2.24) is 5.32 Å². The predicted octanol–water partition coefficient (Wildman–Crippen LogP) is 3.38. The monoisotopic (exact) mass is 288 g/mol. The lowest BCUT2D eigenvalue weighted by atomic mass is 9.83. The predicted molar refractivity (Wildman–Crippen MR) is 67.3 cm³/mol. The molecule has 2 fully saturated rings. The number of nitrogens with zero attached hydrogens (tertiary/aromatic N) is 3. The Labute approximate surface area is 115 Å². The number of carbonyl (C=O) groups is 1. The summed E-state index contributed by atoms with van der Waals surface area (Å²) in [4.78, 5) is 13.6. The van der Waals surface area contributed by atoms with Crippen LogP contribution in [0.1, 0.15) is 38.5 Å². The minimum absolute atomic E-state index is 0.341. The van der Waals surface area contributed by atoms with Gasteiger partial charge in [0.25, 0.3) is 5.92 Å². The Kier molecular flexibility index (Phi) is 4.65. The van der Waals surface area contributed by atoms with Gasteiger partial charge in [-0.1, -0.05) is 37.2 Å². The van der Waals surface area contributed by atoms with Gasteiger partial charge in [-0.2, -0.15) is 0 Å². The molecular weight excluding hydrogens is 270 g/mol. The summed E-state index contributed by atoms with van der Waals surface area (Å²) in [6.07, 6.45) is 3.50. The van der Waals surface area contributed by atoms with Gasteiger partial charge in [-0.3, -0.25) is 0 Å². The molecule has 0 aromatic carbocycles. The molecular formula is C12H18F2N4O2. The van der Waals surface area contributed by atoms with Gasteiger partial charge in [0.2, 0.25) is 0 Å². The lowest BCUT2D eigenvalue weighted by Crippen LogP contribution is -2.46. The summed E-state index contributed by atoms with van der Waals surface area (Å²) in [5.74, 6) is -3.00. The van der Waals surface area contributed by atoms with E-state index in [1.54, 1.807) is 0 Å². The number of cyclic esters (lactones) is 1. The molecule has 1 aliphatic heterocycles. The smallest absolute Gasteiger partial charge is 0.408 e. The van der Waals surface area contributed by atoms with Crippen molar-refractivity contribution in [3.8, 4) is 0 Å². The summed E-state index contributed by atoms with van der Waals surface area (Å²) < 4.78 is 32.5. The lowest BCUT2D eigenvalue weighted by Gasteiger charge is -2.29. The number of azide groups is 1. The Morgan fingerprint density at radius 3 is 2.75 bits per heavy atom. The summed E-state index contributed by atoms with van der Waals surface area (Å²) in [7, 11) is 0. The van der Waals surface area contributed by atoms with Gasteiger partial charge in [0, 0.05) is 4.91 Å². The van der Waals surface area contributed by atoms with E-state index in [2.05, 4.69) is 15.3 Å². The molecule has 8 heteroatoms. The molecule has 0 radical (unpaired) electrons. The Balaban J connectivity index is 2.01. The van der Waals surface area contributed by atoms with E-state index in [-0.39, 0.29) is 0 Å². The zero-order valence-corrected chi connectivity index (χ0v) is 11.1. The van der Waals surface area contributed by atoms with E-state index in [4.69, 9.17) is 10.3 Å². The minimum Gasteiger partial charge on any atom is -0.438 e. The lowest BCUT2D eigenvalue weighted by molar-refractivity contribution is -0.0976. The average molecular weight is 288 g/mol. The number of ether oxygens (including phenoxy) is 1. The number of alkyl halides is 2. The second-order valence-corrected chi connectivity index (χ2v) is 5.47. The number of hydrogen-bond donors (Lipinski definition) is 1. The standard InChI is InChI=1S/C12H18F2N4O2/c13-12(14,7-16-18-15)10-9(17-11(19)20-10)6-8-4-2-1-3-5-8/h8-10H,1-7H2,(H,17,19)/t9-,10+/m0/s1. The first kappa shape index (κ1) is 14.8. The molecule has 0 aromatic heterocycles. The Bertz CT molecular complexity index is 406. The highest BCUT2D eigenvalue weighted by Crippen LogP contribution is 2.34. The van der Waals surface area contributed by atoms with Crippen molar-refractivity contribution in [3.05, 3.63) is 10.4 Å². The fourth-order valence-electron chi connectivity index (χ4n) is 3.02. The maximum absolute atomic E-state index is 13.9. The van der Waals surface area contributed by atoms with Crippen LogP contribution in [0.25, 0.3) is 10.4 Å². The second kappa shape index (κ2) is 6.26. The maximum atomic E-state index is 13.9. The average Bonchev–Trinajstić information content (AvgIpc) is 2.79. The van der Waals surface area contributed by atoms with E-state index in [1.165, 1.54) is 6.42 Å².